The normalized spacial score (nSPS) is 19.9. The quantitative estimate of drug-likeness (QED) is 0.919. The minimum atomic E-state index is -0.00570. The van der Waals surface area contributed by atoms with Gasteiger partial charge in [-0.05, 0) is 44.5 Å². The van der Waals surface area contributed by atoms with Crippen molar-refractivity contribution in [1.82, 2.24) is 4.90 Å². The van der Waals surface area contributed by atoms with E-state index in [2.05, 4.69) is 23.2 Å². The summed E-state index contributed by atoms with van der Waals surface area (Å²) in [6, 6.07) is 9.56. The van der Waals surface area contributed by atoms with Crippen molar-refractivity contribution in [3.05, 3.63) is 29.8 Å². The molecule has 0 saturated carbocycles. The van der Waals surface area contributed by atoms with Crippen molar-refractivity contribution < 1.29 is 4.79 Å². The molecular formula is C16H21N3O. The largest absolute Gasteiger partial charge is 0.325 e. The van der Waals surface area contributed by atoms with Gasteiger partial charge in [-0.25, -0.2) is 0 Å². The molecule has 0 spiro atoms. The van der Waals surface area contributed by atoms with E-state index >= 15 is 0 Å². The van der Waals surface area contributed by atoms with Crippen molar-refractivity contribution in [2.24, 2.45) is 0 Å². The van der Waals surface area contributed by atoms with Crippen LogP contribution >= 0.6 is 0 Å². The van der Waals surface area contributed by atoms with E-state index in [0.717, 1.165) is 13.0 Å². The van der Waals surface area contributed by atoms with Crippen LogP contribution in [0.4, 0.5) is 5.69 Å². The molecule has 106 valence electrons. The van der Waals surface area contributed by atoms with Crippen molar-refractivity contribution in [1.29, 1.82) is 5.26 Å². The monoisotopic (exact) mass is 271 g/mol. The van der Waals surface area contributed by atoms with Gasteiger partial charge >= 0.3 is 0 Å². The van der Waals surface area contributed by atoms with Crippen molar-refractivity contribution in [2.75, 3.05) is 18.4 Å². The summed E-state index contributed by atoms with van der Waals surface area (Å²) in [4.78, 5) is 14.3. The van der Waals surface area contributed by atoms with Crippen LogP contribution in [0.2, 0.25) is 0 Å². The molecule has 1 N–H and O–H groups in total. The second-order valence-electron chi connectivity index (χ2n) is 5.41. The number of anilines is 1. The molecule has 1 aliphatic rings. The van der Waals surface area contributed by atoms with Crippen molar-refractivity contribution >= 4 is 11.6 Å². The smallest absolute Gasteiger partial charge is 0.238 e. The van der Waals surface area contributed by atoms with Crippen LogP contribution in [0.25, 0.3) is 0 Å². The first kappa shape index (κ1) is 14.5. The molecule has 1 heterocycles. The molecule has 4 heteroatoms. The molecule has 0 radical (unpaired) electrons. The second kappa shape index (κ2) is 7.06. The molecule has 1 aromatic rings. The average molecular weight is 271 g/mol. The molecule has 0 bridgehead atoms. The first-order chi connectivity index (χ1) is 9.69. The molecule has 0 aliphatic carbocycles. The summed E-state index contributed by atoms with van der Waals surface area (Å²) in [6.45, 7) is 3.61. The van der Waals surface area contributed by atoms with E-state index in [1.165, 1.54) is 19.3 Å². The summed E-state index contributed by atoms with van der Waals surface area (Å²) in [5.74, 6) is -0.00570. The molecular weight excluding hydrogens is 250 g/mol. The number of hydrogen-bond donors (Lipinski definition) is 1. The number of rotatable bonds is 3. The summed E-state index contributed by atoms with van der Waals surface area (Å²) in [7, 11) is 0. The second-order valence-corrected chi connectivity index (χ2v) is 5.41. The van der Waals surface area contributed by atoms with Crippen LogP contribution in [0.15, 0.2) is 24.3 Å². The highest BCUT2D eigenvalue weighted by Gasteiger charge is 2.19. The van der Waals surface area contributed by atoms with Gasteiger partial charge < -0.3 is 5.32 Å². The van der Waals surface area contributed by atoms with E-state index in [4.69, 9.17) is 5.26 Å². The lowest BCUT2D eigenvalue weighted by molar-refractivity contribution is -0.117. The summed E-state index contributed by atoms with van der Waals surface area (Å²) < 4.78 is 0. The molecule has 1 fully saturated rings. The lowest BCUT2D eigenvalue weighted by atomic mass is 10.1. The van der Waals surface area contributed by atoms with E-state index in [1.807, 2.05) is 6.07 Å². The van der Waals surface area contributed by atoms with E-state index in [-0.39, 0.29) is 5.91 Å². The molecule has 2 rings (SSSR count). The van der Waals surface area contributed by atoms with Gasteiger partial charge in [0.2, 0.25) is 5.91 Å². The summed E-state index contributed by atoms with van der Waals surface area (Å²) in [5.41, 5.74) is 1.25. The van der Waals surface area contributed by atoms with Gasteiger partial charge in [-0.1, -0.05) is 18.9 Å². The lowest BCUT2D eigenvalue weighted by Gasteiger charge is -2.26. The van der Waals surface area contributed by atoms with Gasteiger partial charge in [0.1, 0.15) is 0 Å². The Balaban J connectivity index is 1.92. The molecule has 1 saturated heterocycles. The molecule has 4 nitrogen and oxygen atoms in total. The number of likely N-dealkylation sites (tertiary alicyclic amines) is 1. The Kier molecular flexibility index (Phi) is 5.14. The van der Waals surface area contributed by atoms with Gasteiger partial charge in [0, 0.05) is 11.7 Å². The topological polar surface area (TPSA) is 56.1 Å². The molecule has 1 aromatic carbocycles. The fourth-order valence-electron chi connectivity index (χ4n) is 2.62. The SMILES string of the molecule is CC1CCCCCN1CC(=O)Nc1cccc(C#N)c1. The standard InChI is InChI=1S/C16H21N3O/c1-13-6-3-2-4-9-19(13)12-16(20)18-15-8-5-7-14(10-15)11-17/h5,7-8,10,13H,2-4,6,9,12H2,1H3,(H,18,20). The summed E-state index contributed by atoms with van der Waals surface area (Å²) in [6.07, 6.45) is 4.84. The maximum atomic E-state index is 12.1. The zero-order valence-electron chi connectivity index (χ0n) is 11.9. The minimum absolute atomic E-state index is 0.00570. The van der Waals surface area contributed by atoms with Crippen LogP contribution in [0.5, 0.6) is 0 Å². The van der Waals surface area contributed by atoms with Crippen LogP contribution < -0.4 is 5.32 Å². The first-order valence-corrected chi connectivity index (χ1v) is 7.23. The van der Waals surface area contributed by atoms with E-state index in [1.54, 1.807) is 18.2 Å². The molecule has 1 unspecified atom stereocenters. The molecule has 1 amide bonds. The zero-order valence-corrected chi connectivity index (χ0v) is 11.9. The number of amides is 1. The molecule has 1 aliphatic heterocycles. The fourth-order valence-corrected chi connectivity index (χ4v) is 2.62. The van der Waals surface area contributed by atoms with E-state index in [0.29, 0.717) is 23.8 Å². The van der Waals surface area contributed by atoms with Crippen LogP contribution in [0, 0.1) is 11.3 Å². The van der Waals surface area contributed by atoms with Crippen molar-refractivity contribution in [2.45, 2.75) is 38.6 Å². The highest BCUT2D eigenvalue weighted by molar-refractivity contribution is 5.92. The van der Waals surface area contributed by atoms with Crippen molar-refractivity contribution in [3.8, 4) is 6.07 Å². The minimum Gasteiger partial charge on any atom is -0.325 e. The highest BCUT2D eigenvalue weighted by atomic mass is 16.2. The Hall–Kier alpha value is -1.86. The Labute approximate surface area is 120 Å². The summed E-state index contributed by atoms with van der Waals surface area (Å²) in [5, 5.41) is 11.7. The number of benzene rings is 1. The lowest BCUT2D eigenvalue weighted by Crippen LogP contribution is -2.39. The van der Waals surface area contributed by atoms with Gasteiger partial charge in [0.15, 0.2) is 0 Å². The summed E-state index contributed by atoms with van der Waals surface area (Å²) >= 11 is 0. The van der Waals surface area contributed by atoms with Gasteiger partial charge in [0.25, 0.3) is 0 Å². The number of hydrogen-bond acceptors (Lipinski definition) is 3. The number of nitriles is 1. The number of carbonyl (C=O) groups excluding carboxylic acids is 1. The highest BCUT2D eigenvalue weighted by Crippen LogP contribution is 2.16. The van der Waals surface area contributed by atoms with Crippen LogP contribution in [-0.2, 0) is 4.79 Å². The van der Waals surface area contributed by atoms with Gasteiger partial charge in [-0.15, -0.1) is 0 Å². The Bertz CT molecular complexity index is 507. The zero-order chi connectivity index (χ0) is 14.4. The van der Waals surface area contributed by atoms with E-state index < -0.39 is 0 Å². The maximum absolute atomic E-state index is 12.1. The average Bonchev–Trinajstić information content (AvgIpc) is 2.64. The van der Waals surface area contributed by atoms with Gasteiger partial charge in [-0.2, -0.15) is 5.26 Å². The molecule has 0 aromatic heterocycles. The Morgan fingerprint density at radius 3 is 3.10 bits per heavy atom. The predicted octanol–water partition coefficient (Wildman–Crippen LogP) is 2.76. The van der Waals surface area contributed by atoms with E-state index in [9.17, 15) is 4.79 Å². The first-order valence-electron chi connectivity index (χ1n) is 7.23. The Morgan fingerprint density at radius 2 is 2.30 bits per heavy atom. The van der Waals surface area contributed by atoms with Crippen LogP contribution in [0.1, 0.15) is 38.2 Å². The third-order valence-electron chi connectivity index (χ3n) is 3.81. The van der Waals surface area contributed by atoms with Crippen LogP contribution in [-0.4, -0.2) is 29.9 Å². The number of nitrogens with one attached hydrogen (secondary N) is 1. The fraction of sp³-hybridized carbons (Fsp3) is 0.500. The predicted molar refractivity (Wildman–Crippen MR) is 79.3 cm³/mol. The van der Waals surface area contributed by atoms with Gasteiger partial charge in [-0.3, -0.25) is 9.69 Å². The Morgan fingerprint density at radius 1 is 1.45 bits per heavy atom. The number of carbonyl (C=O) groups is 1. The number of nitrogens with zero attached hydrogens (tertiary/aromatic N) is 2. The maximum Gasteiger partial charge on any atom is 0.238 e. The molecule has 20 heavy (non-hydrogen) atoms. The third kappa shape index (κ3) is 4.07. The van der Waals surface area contributed by atoms with Crippen molar-refractivity contribution in [3.63, 3.8) is 0 Å². The van der Waals surface area contributed by atoms with Crippen LogP contribution in [0.3, 0.4) is 0 Å². The van der Waals surface area contributed by atoms with Gasteiger partial charge in [0.05, 0.1) is 18.2 Å². The third-order valence-corrected chi connectivity index (χ3v) is 3.81. The molecule has 1 atom stereocenters.